The summed E-state index contributed by atoms with van der Waals surface area (Å²) in [6, 6.07) is 25.6. The lowest BCUT2D eigenvalue weighted by Crippen LogP contribution is -2.23. The number of amides is 1. The van der Waals surface area contributed by atoms with Gasteiger partial charge in [0, 0.05) is 18.8 Å². The lowest BCUT2D eigenvalue weighted by atomic mass is 9.95. The van der Waals surface area contributed by atoms with Crippen LogP contribution in [0.3, 0.4) is 0 Å². The van der Waals surface area contributed by atoms with Gasteiger partial charge in [-0.05, 0) is 41.7 Å². The lowest BCUT2D eigenvalue weighted by Gasteiger charge is -2.19. The van der Waals surface area contributed by atoms with Crippen molar-refractivity contribution in [2.24, 2.45) is 0 Å². The van der Waals surface area contributed by atoms with Gasteiger partial charge in [0.25, 0.3) is 5.91 Å². The summed E-state index contributed by atoms with van der Waals surface area (Å²) < 4.78 is 18.6. The molecule has 2 aromatic heterocycles. The Balaban J connectivity index is 1.63. The SMILES string of the molecule is CCNC(=O)c1noc(-c2cc(C(C)C)c(OCc3ccccc3)cc2OCc2ccccc2)c1-c1cc[nH]n1. The van der Waals surface area contributed by atoms with Crippen molar-refractivity contribution in [1.82, 2.24) is 20.7 Å². The molecule has 0 saturated heterocycles. The molecule has 5 rings (SSSR count). The Morgan fingerprint density at radius 2 is 1.57 bits per heavy atom. The number of aromatic amines is 1. The fraction of sp³-hybridized carbons (Fsp3) is 0.219. The van der Waals surface area contributed by atoms with Crippen molar-refractivity contribution in [2.45, 2.75) is 39.9 Å². The standard InChI is InChI=1S/C32H32N4O4/c1-4-33-32(37)30-29(26-15-16-34-35-26)31(40-36-30)25-17-24(21(2)3)27(38-19-22-11-7-5-8-12-22)18-28(25)39-20-23-13-9-6-10-14-23/h5-18,21H,4,19-20H2,1-3H3,(H,33,37)(H,34,35). The minimum absolute atomic E-state index is 0.132. The largest absolute Gasteiger partial charge is 0.488 e. The second-order valence-corrected chi connectivity index (χ2v) is 9.64. The molecule has 204 valence electrons. The van der Waals surface area contributed by atoms with Crippen LogP contribution in [0.1, 0.15) is 53.9 Å². The van der Waals surface area contributed by atoms with E-state index in [-0.39, 0.29) is 17.5 Å². The monoisotopic (exact) mass is 536 g/mol. The molecule has 0 aliphatic rings. The Morgan fingerprint density at radius 1 is 0.925 bits per heavy atom. The van der Waals surface area contributed by atoms with E-state index in [0.717, 1.165) is 22.4 Å². The van der Waals surface area contributed by atoms with Crippen molar-refractivity contribution in [3.63, 3.8) is 0 Å². The third-order valence-corrected chi connectivity index (χ3v) is 6.45. The fourth-order valence-electron chi connectivity index (χ4n) is 4.43. The van der Waals surface area contributed by atoms with E-state index in [4.69, 9.17) is 14.0 Å². The number of ether oxygens (including phenoxy) is 2. The number of benzene rings is 3. The van der Waals surface area contributed by atoms with Gasteiger partial charge in [-0.15, -0.1) is 0 Å². The van der Waals surface area contributed by atoms with Gasteiger partial charge in [-0.1, -0.05) is 79.7 Å². The zero-order valence-electron chi connectivity index (χ0n) is 22.8. The number of rotatable bonds is 11. The van der Waals surface area contributed by atoms with Crippen LogP contribution in [0.15, 0.2) is 89.6 Å². The van der Waals surface area contributed by atoms with Gasteiger partial charge in [-0.2, -0.15) is 5.10 Å². The van der Waals surface area contributed by atoms with Gasteiger partial charge in [0.15, 0.2) is 11.5 Å². The first-order valence-corrected chi connectivity index (χ1v) is 13.3. The highest BCUT2D eigenvalue weighted by atomic mass is 16.5. The highest BCUT2D eigenvalue weighted by molar-refractivity contribution is 6.02. The van der Waals surface area contributed by atoms with Gasteiger partial charge >= 0.3 is 0 Å². The minimum atomic E-state index is -0.339. The molecular formula is C32H32N4O4. The third kappa shape index (κ3) is 5.91. The molecule has 0 unspecified atom stereocenters. The Labute approximate surface area is 233 Å². The van der Waals surface area contributed by atoms with E-state index in [1.807, 2.05) is 79.7 Å². The zero-order chi connectivity index (χ0) is 27.9. The summed E-state index contributed by atoms with van der Waals surface area (Å²) in [5.41, 5.74) is 4.91. The molecule has 1 amide bonds. The molecule has 3 aromatic carbocycles. The van der Waals surface area contributed by atoms with Crippen LogP contribution in [0.2, 0.25) is 0 Å². The van der Waals surface area contributed by atoms with Gasteiger partial charge in [-0.25, -0.2) is 0 Å². The van der Waals surface area contributed by atoms with Crippen molar-refractivity contribution in [3.8, 4) is 34.1 Å². The van der Waals surface area contributed by atoms with Crippen molar-refractivity contribution >= 4 is 5.91 Å². The first-order chi connectivity index (χ1) is 19.5. The quantitative estimate of drug-likeness (QED) is 0.193. The highest BCUT2D eigenvalue weighted by Crippen LogP contribution is 2.44. The number of carbonyl (C=O) groups excluding carboxylic acids is 1. The molecule has 0 saturated carbocycles. The first-order valence-electron chi connectivity index (χ1n) is 13.3. The van der Waals surface area contributed by atoms with Crippen molar-refractivity contribution < 1.29 is 18.8 Å². The second kappa shape index (κ2) is 12.3. The molecule has 40 heavy (non-hydrogen) atoms. The summed E-state index contributed by atoms with van der Waals surface area (Å²) in [4.78, 5) is 12.9. The lowest BCUT2D eigenvalue weighted by molar-refractivity contribution is 0.0947. The predicted molar refractivity (Wildman–Crippen MR) is 153 cm³/mol. The van der Waals surface area contributed by atoms with Crippen molar-refractivity contribution in [1.29, 1.82) is 0 Å². The Hall–Kier alpha value is -4.85. The summed E-state index contributed by atoms with van der Waals surface area (Å²) >= 11 is 0. The Kier molecular flexibility index (Phi) is 8.25. The number of nitrogens with zero attached hydrogens (tertiary/aromatic N) is 2. The molecule has 2 heterocycles. The number of H-pyrrole nitrogens is 1. The molecule has 0 radical (unpaired) electrons. The summed E-state index contributed by atoms with van der Waals surface area (Å²) in [5.74, 6) is 1.46. The fourth-order valence-corrected chi connectivity index (χ4v) is 4.43. The zero-order valence-corrected chi connectivity index (χ0v) is 22.8. The van der Waals surface area contributed by atoms with Crippen molar-refractivity contribution in [3.05, 3.63) is 107 Å². The first kappa shape index (κ1) is 26.7. The van der Waals surface area contributed by atoms with E-state index in [1.165, 1.54) is 0 Å². The molecule has 0 aliphatic carbocycles. The minimum Gasteiger partial charge on any atom is -0.488 e. The summed E-state index contributed by atoms with van der Waals surface area (Å²) in [6.45, 7) is 7.27. The second-order valence-electron chi connectivity index (χ2n) is 9.64. The number of carbonyl (C=O) groups is 1. The van der Waals surface area contributed by atoms with E-state index in [9.17, 15) is 4.79 Å². The maximum Gasteiger partial charge on any atom is 0.274 e. The predicted octanol–water partition coefficient (Wildman–Crippen LogP) is 6.76. The molecule has 8 heteroatoms. The average Bonchev–Trinajstić information content (AvgIpc) is 3.66. The van der Waals surface area contributed by atoms with Crippen LogP contribution < -0.4 is 14.8 Å². The van der Waals surface area contributed by atoms with E-state index >= 15 is 0 Å². The maximum atomic E-state index is 12.9. The Bertz CT molecular complexity index is 1550. The van der Waals surface area contributed by atoms with Crippen LogP contribution in [0.4, 0.5) is 0 Å². The van der Waals surface area contributed by atoms with E-state index in [1.54, 1.807) is 12.3 Å². The Morgan fingerprint density at radius 3 is 2.15 bits per heavy atom. The number of hydrogen-bond acceptors (Lipinski definition) is 6. The molecule has 2 N–H and O–H groups in total. The van der Waals surface area contributed by atoms with Crippen LogP contribution in [-0.2, 0) is 13.2 Å². The highest BCUT2D eigenvalue weighted by Gasteiger charge is 2.29. The van der Waals surface area contributed by atoms with Crippen LogP contribution in [-0.4, -0.2) is 27.8 Å². The summed E-state index contributed by atoms with van der Waals surface area (Å²) in [6.07, 6.45) is 1.69. The van der Waals surface area contributed by atoms with E-state index in [2.05, 4.69) is 34.5 Å². The summed E-state index contributed by atoms with van der Waals surface area (Å²) in [7, 11) is 0. The normalized spacial score (nSPS) is 11.0. The molecule has 0 fully saturated rings. The molecule has 0 atom stereocenters. The van der Waals surface area contributed by atoms with E-state index < -0.39 is 0 Å². The van der Waals surface area contributed by atoms with Crippen molar-refractivity contribution in [2.75, 3.05) is 6.54 Å². The van der Waals surface area contributed by atoms with Crippen LogP contribution in [0, 0.1) is 0 Å². The van der Waals surface area contributed by atoms with Gasteiger partial charge in [-0.3, -0.25) is 9.89 Å². The molecule has 5 aromatic rings. The smallest absolute Gasteiger partial charge is 0.274 e. The van der Waals surface area contributed by atoms with Crippen LogP contribution in [0.5, 0.6) is 11.5 Å². The van der Waals surface area contributed by atoms with Gasteiger partial charge in [0.05, 0.1) is 16.8 Å². The summed E-state index contributed by atoms with van der Waals surface area (Å²) in [5, 5.41) is 14.1. The molecule has 0 aliphatic heterocycles. The third-order valence-electron chi connectivity index (χ3n) is 6.45. The maximum absolute atomic E-state index is 12.9. The van der Waals surface area contributed by atoms with Gasteiger partial charge in [0.2, 0.25) is 0 Å². The topological polar surface area (TPSA) is 102 Å². The molecule has 0 spiro atoms. The van der Waals surface area contributed by atoms with Gasteiger partial charge < -0.3 is 19.3 Å². The van der Waals surface area contributed by atoms with Crippen LogP contribution >= 0.6 is 0 Å². The van der Waals surface area contributed by atoms with Gasteiger partial charge in [0.1, 0.15) is 24.7 Å². The van der Waals surface area contributed by atoms with Crippen LogP contribution in [0.25, 0.3) is 22.6 Å². The molecule has 0 bridgehead atoms. The molecular weight excluding hydrogens is 504 g/mol. The number of hydrogen-bond donors (Lipinski definition) is 2. The average molecular weight is 537 g/mol. The number of aromatic nitrogens is 3. The number of nitrogens with one attached hydrogen (secondary N) is 2. The van der Waals surface area contributed by atoms with E-state index in [0.29, 0.717) is 48.1 Å². The molecule has 8 nitrogen and oxygen atoms in total.